The normalized spacial score (nSPS) is 23.5. The molecule has 6 rings (SSSR count). The van der Waals surface area contributed by atoms with Crippen LogP contribution in [0.25, 0.3) is 0 Å². The highest BCUT2D eigenvalue weighted by molar-refractivity contribution is 5.78. The third-order valence-corrected chi connectivity index (χ3v) is 7.64. The average molecular weight is 389 g/mol. The average Bonchev–Trinajstić information content (AvgIpc) is 2.78. The molecule has 146 valence electrons. The quantitative estimate of drug-likeness (QED) is 0.534. The van der Waals surface area contributed by atoms with E-state index < -0.39 is 21.7 Å². The minimum absolute atomic E-state index is 0.598. The Labute approximate surface area is 178 Å². The van der Waals surface area contributed by atoms with E-state index in [0.717, 1.165) is 33.4 Å². The Hall–Kier alpha value is -3.36. The molecule has 0 aliphatic heterocycles. The lowest BCUT2D eigenvalue weighted by atomic mass is 9.38. The van der Waals surface area contributed by atoms with Crippen molar-refractivity contribution in [1.82, 2.24) is 0 Å². The van der Waals surface area contributed by atoms with Crippen LogP contribution in [-0.2, 0) is 10.8 Å². The lowest BCUT2D eigenvalue weighted by Crippen LogP contribution is -2.60. The monoisotopic (exact) mass is 388 g/mol. The van der Waals surface area contributed by atoms with Crippen molar-refractivity contribution < 1.29 is 0 Å². The van der Waals surface area contributed by atoms with E-state index in [0.29, 0.717) is 0 Å². The van der Waals surface area contributed by atoms with E-state index in [-0.39, 0.29) is 0 Å². The molecule has 0 saturated heterocycles. The molecule has 0 saturated carbocycles. The standard InChI is InChI=1S/C28H24N2/c1-25(2,17-29)27-19-11-5-8-14-22(19)28(26(3,4)18-30,23-15-9-6-12-20(23)27)24-16-10-7-13-21(24)27/h5-16H,1-4H3. The Balaban J connectivity index is 2.15. The van der Waals surface area contributed by atoms with Gasteiger partial charge in [-0.3, -0.25) is 0 Å². The van der Waals surface area contributed by atoms with Gasteiger partial charge in [-0.05, 0) is 61.1 Å². The van der Waals surface area contributed by atoms with E-state index in [1.165, 1.54) is 0 Å². The number of rotatable bonds is 2. The number of hydrogen-bond acceptors (Lipinski definition) is 2. The van der Waals surface area contributed by atoms with E-state index in [2.05, 4.69) is 84.9 Å². The predicted molar refractivity (Wildman–Crippen MR) is 118 cm³/mol. The SMILES string of the molecule is CC(C)(C#N)C12c3ccccc3C(C(C)(C)C#N)(c3ccccc31)c1ccccc12. The summed E-state index contributed by atoms with van der Waals surface area (Å²) in [6.07, 6.45) is 0. The third kappa shape index (κ3) is 1.71. The maximum atomic E-state index is 10.4. The molecule has 3 aromatic carbocycles. The zero-order valence-electron chi connectivity index (χ0n) is 17.8. The van der Waals surface area contributed by atoms with E-state index >= 15 is 0 Å². The van der Waals surface area contributed by atoms with Crippen molar-refractivity contribution >= 4 is 0 Å². The van der Waals surface area contributed by atoms with Gasteiger partial charge in [0.1, 0.15) is 0 Å². The van der Waals surface area contributed by atoms with Crippen LogP contribution in [0.1, 0.15) is 61.1 Å². The fraction of sp³-hybridized carbons (Fsp3) is 0.286. The van der Waals surface area contributed by atoms with Crippen molar-refractivity contribution in [3.05, 3.63) is 106 Å². The Kier molecular flexibility index (Phi) is 3.49. The smallest absolute Gasteiger partial charge is 0.0700 e. The second kappa shape index (κ2) is 5.62. The van der Waals surface area contributed by atoms with Crippen molar-refractivity contribution in [2.24, 2.45) is 10.8 Å². The molecule has 0 aromatic heterocycles. The summed E-state index contributed by atoms with van der Waals surface area (Å²) in [4.78, 5) is 0. The zero-order chi connectivity index (χ0) is 21.4. The van der Waals surface area contributed by atoms with E-state index in [1.807, 2.05) is 27.7 Å². The van der Waals surface area contributed by atoms with Gasteiger partial charge in [0, 0.05) is 0 Å². The summed E-state index contributed by atoms with van der Waals surface area (Å²) < 4.78 is 0. The second-order valence-electron chi connectivity index (χ2n) is 9.61. The summed E-state index contributed by atoms with van der Waals surface area (Å²) in [6, 6.07) is 30.7. The van der Waals surface area contributed by atoms with E-state index in [1.54, 1.807) is 0 Å². The van der Waals surface area contributed by atoms with Crippen LogP contribution < -0.4 is 0 Å². The van der Waals surface area contributed by atoms with Crippen LogP contribution in [0.2, 0.25) is 0 Å². The Morgan fingerprint density at radius 1 is 0.500 bits per heavy atom. The molecule has 0 amide bonds. The van der Waals surface area contributed by atoms with Crippen LogP contribution in [0.3, 0.4) is 0 Å². The molecular formula is C28H24N2. The van der Waals surface area contributed by atoms with Crippen LogP contribution >= 0.6 is 0 Å². The van der Waals surface area contributed by atoms with Gasteiger partial charge in [0.2, 0.25) is 0 Å². The number of hydrogen-bond donors (Lipinski definition) is 0. The summed E-state index contributed by atoms with van der Waals surface area (Å²) in [6.45, 7) is 8.19. The van der Waals surface area contributed by atoms with Gasteiger partial charge in [-0.15, -0.1) is 0 Å². The molecular weight excluding hydrogens is 364 g/mol. The Bertz CT molecular complexity index is 1060. The zero-order valence-corrected chi connectivity index (χ0v) is 17.8. The molecule has 3 aromatic rings. The summed E-state index contributed by atoms with van der Waals surface area (Å²) in [7, 11) is 0. The highest BCUT2D eigenvalue weighted by Gasteiger charge is 2.67. The first-order chi connectivity index (χ1) is 14.3. The van der Waals surface area contributed by atoms with Crippen LogP contribution in [0.4, 0.5) is 0 Å². The molecule has 3 aliphatic carbocycles. The Morgan fingerprint density at radius 3 is 0.867 bits per heavy atom. The highest BCUT2D eigenvalue weighted by atomic mass is 14.7. The molecule has 2 nitrogen and oxygen atoms in total. The van der Waals surface area contributed by atoms with Gasteiger partial charge in [0.25, 0.3) is 0 Å². The van der Waals surface area contributed by atoms with Gasteiger partial charge in [-0.25, -0.2) is 0 Å². The second-order valence-corrected chi connectivity index (χ2v) is 9.61. The first-order valence-electron chi connectivity index (χ1n) is 10.4. The number of benzene rings is 3. The minimum Gasteiger partial charge on any atom is -0.198 e. The number of nitrogens with zero attached hydrogens (tertiary/aromatic N) is 2. The van der Waals surface area contributed by atoms with Crippen molar-refractivity contribution in [2.45, 2.75) is 38.5 Å². The molecule has 30 heavy (non-hydrogen) atoms. The van der Waals surface area contributed by atoms with Crippen LogP contribution in [0.15, 0.2) is 72.8 Å². The lowest BCUT2D eigenvalue weighted by Gasteiger charge is -2.62. The first-order valence-corrected chi connectivity index (χ1v) is 10.4. The van der Waals surface area contributed by atoms with Gasteiger partial charge in [0.05, 0.1) is 33.8 Å². The maximum Gasteiger partial charge on any atom is 0.0700 e. The number of nitriles is 2. The molecule has 0 N–H and O–H groups in total. The maximum absolute atomic E-state index is 10.4. The molecule has 2 bridgehead atoms. The topological polar surface area (TPSA) is 47.6 Å². The Morgan fingerprint density at radius 2 is 0.700 bits per heavy atom. The van der Waals surface area contributed by atoms with E-state index in [9.17, 15) is 10.5 Å². The fourth-order valence-electron chi connectivity index (χ4n) is 6.47. The third-order valence-electron chi connectivity index (χ3n) is 7.64. The highest BCUT2D eigenvalue weighted by Crippen LogP contribution is 2.70. The van der Waals surface area contributed by atoms with Gasteiger partial charge < -0.3 is 0 Å². The summed E-state index contributed by atoms with van der Waals surface area (Å²) in [5.74, 6) is 0. The van der Waals surface area contributed by atoms with Crippen molar-refractivity contribution in [1.29, 1.82) is 10.5 Å². The van der Waals surface area contributed by atoms with Crippen LogP contribution in [0, 0.1) is 33.5 Å². The molecule has 3 aliphatic rings. The van der Waals surface area contributed by atoms with Crippen molar-refractivity contribution in [3.63, 3.8) is 0 Å². The summed E-state index contributed by atoms with van der Waals surface area (Å²) in [5.41, 5.74) is 4.31. The van der Waals surface area contributed by atoms with Gasteiger partial charge in [0.15, 0.2) is 0 Å². The van der Waals surface area contributed by atoms with Gasteiger partial charge in [-0.1, -0.05) is 72.8 Å². The molecule has 0 radical (unpaired) electrons. The van der Waals surface area contributed by atoms with Gasteiger partial charge >= 0.3 is 0 Å². The molecule has 0 atom stereocenters. The molecule has 0 spiro atoms. The summed E-state index contributed by atoms with van der Waals surface area (Å²) >= 11 is 0. The van der Waals surface area contributed by atoms with Crippen molar-refractivity contribution in [2.75, 3.05) is 0 Å². The van der Waals surface area contributed by atoms with Crippen LogP contribution in [0.5, 0.6) is 0 Å². The fourth-order valence-corrected chi connectivity index (χ4v) is 6.47. The predicted octanol–water partition coefficient (Wildman–Crippen LogP) is 6.08. The molecule has 0 unspecified atom stereocenters. The lowest BCUT2D eigenvalue weighted by molar-refractivity contribution is 0.241. The van der Waals surface area contributed by atoms with Crippen LogP contribution in [-0.4, -0.2) is 0 Å². The largest absolute Gasteiger partial charge is 0.198 e. The molecule has 0 fully saturated rings. The van der Waals surface area contributed by atoms with Gasteiger partial charge in [-0.2, -0.15) is 10.5 Å². The summed E-state index contributed by atoms with van der Waals surface area (Å²) in [5, 5.41) is 20.8. The molecule has 0 heterocycles. The minimum atomic E-state index is -0.696. The molecule has 2 heteroatoms. The van der Waals surface area contributed by atoms with E-state index in [4.69, 9.17) is 0 Å². The first kappa shape index (κ1) is 18.7. The van der Waals surface area contributed by atoms with Crippen molar-refractivity contribution in [3.8, 4) is 12.1 Å².